The Morgan fingerprint density at radius 2 is 1.88 bits per heavy atom. The molecule has 2 aromatic carbocycles. The molecule has 1 aromatic heterocycles. The number of sulfone groups is 1. The molecule has 7 heteroatoms. The van der Waals surface area contributed by atoms with E-state index in [1.807, 2.05) is 30.3 Å². The molecule has 0 saturated carbocycles. The molecule has 6 nitrogen and oxygen atoms in total. The van der Waals surface area contributed by atoms with E-state index in [-0.39, 0.29) is 11.5 Å². The summed E-state index contributed by atoms with van der Waals surface area (Å²) in [7, 11) is -3.32. The monoisotopic (exact) mass is 367 g/mol. The summed E-state index contributed by atoms with van der Waals surface area (Å²) < 4.78 is 30.8. The van der Waals surface area contributed by atoms with Crippen molar-refractivity contribution in [2.24, 2.45) is 0 Å². The van der Waals surface area contributed by atoms with Crippen LogP contribution in [0.2, 0.25) is 0 Å². The quantitative estimate of drug-likeness (QED) is 0.692. The van der Waals surface area contributed by atoms with E-state index in [0.29, 0.717) is 22.7 Å². The summed E-state index contributed by atoms with van der Waals surface area (Å²) in [5, 5.41) is 13.9. The first-order chi connectivity index (χ1) is 12.4. The zero-order valence-electron chi connectivity index (χ0n) is 14.4. The van der Waals surface area contributed by atoms with Gasteiger partial charge in [-0.25, -0.2) is 13.1 Å². The van der Waals surface area contributed by atoms with Crippen LogP contribution in [0.4, 0.5) is 0 Å². The van der Waals surface area contributed by atoms with Gasteiger partial charge in [0, 0.05) is 6.26 Å². The number of hydrogen-bond donors (Lipinski definition) is 0. The van der Waals surface area contributed by atoms with Crippen molar-refractivity contribution in [1.29, 1.82) is 5.26 Å². The molecule has 0 bridgehead atoms. The van der Waals surface area contributed by atoms with E-state index in [1.54, 1.807) is 23.7 Å². The van der Waals surface area contributed by atoms with Crippen molar-refractivity contribution in [2.75, 3.05) is 6.26 Å². The molecule has 0 radical (unpaired) electrons. The molecular weight excluding hydrogens is 350 g/mol. The number of nitriles is 1. The highest BCUT2D eigenvalue weighted by atomic mass is 32.2. The minimum Gasteiger partial charge on any atom is -0.487 e. The summed E-state index contributed by atoms with van der Waals surface area (Å²) in [6.45, 7) is 1.86. The van der Waals surface area contributed by atoms with Gasteiger partial charge in [0.1, 0.15) is 24.0 Å². The van der Waals surface area contributed by atoms with Gasteiger partial charge in [-0.3, -0.25) is 0 Å². The molecule has 1 heterocycles. The topological polar surface area (TPSA) is 85.0 Å². The van der Waals surface area contributed by atoms with Crippen LogP contribution in [-0.4, -0.2) is 24.5 Å². The van der Waals surface area contributed by atoms with Crippen LogP contribution in [0.1, 0.15) is 17.0 Å². The normalized spacial score (nSPS) is 11.1. The van der Waals surface area contributed by atoms with Crippen molar-refractivity contribution in [1.82, 2.24) is 9.78 Å². The molecule has 3 rings (SSSR count). The zero-order valence-corrected chi connectivity index (χ0v) is 15.2. The Morgan fingerprint density at radius 3 is 2.54 bits per heavy atom. The average Bonchev–Trinajstić information content (AvgIpc) is 2.95. The molecule has 3 aromatic rings. The smallest absolute Gasteiger partial charge is 0.175 e. The van der Waals surface area contributed by atoms with E-state index in [0.717, 1.165) is 11.9 Å². The highest BCUT2D eigenvalue weighted by Crippen LogP contribution is 2.22. The number of aromatic nitrogens is 2. The Balaban J connectivity index is 1.95. The first-order valence-corrected chi connectivity index (χ1v) is 9.76. The summed E-state index contributed by atoms with van der Waals surface area (Å²) in [6, 6.07) is 17.9. The number of ether oxygens (including phenoxy) is 1. The van der Waals surface area contributed by atoms with Crippen molar-refractivity contribution < 1.29 is 13.2 Å². The predicted octanol–water partition coefficient (Wildman–Crippen LogP) is 3.03. The summed E-state index contributed by atoms with van der Waals surface area (Å²) in [4.78, 5) is 0.184. The number of rotatable bonds is 5. The van der Waals surface area contributed by atoms with Gasteiger partial charge >= 0.3 is 0 Å². The standard InChI is InChI=1S/C19H17N3O3S/c1-14-18(12-20)19(22(21-14)15-7-4-3-5-8-15)13-25-16-9-6-10-17(11-16)26(2,23)24/h3-11H,13H2,1-2H3. The van der Waals surface area contributed by atoms with Gasteiger partial charge in [-0.1, -0.05) is 24.3 Å². The highest BCUT2D eigenvalue weighted by molar-refractivity contribution is 7.90. The summed E-state index contributed by atoms with van der Waals surface area (Å²) in [6.07, 6.45) is 1.15. The van der Waals surface area contributed by atoms with Crippen molar-refractivity contribution in [3.05, 3.63) is 71.5 Å². The van der Waals surface area contributed by atoms with E-state index in [2.05, 4.69) is 11.2 Å². The third-order valence-electron chi connectivity index (χ3n) is 3.88. The van der Waals surface area contributed by atoms with Gasteiger partial charge in [0.2, 0.25) is 0 Å². The second-order valence-electron chi connectivity index (χ2n) is 5.80. The van der Waals surface area contributed by atoms with E-state index in [4.69, 9.17) is 4.74 Å². The highest BCUT2D eigenvalue weighted by Gasteiger charge is 2.17. The van der Waals surface area contributed by atoms with Gasteiger partial charge < -0.3 is 4.74 Å². The van der Waals surface area contributed by atoms with Crippen LogP contribution in [0.25, 0.3) is 5.69 Å². The van der Waals surface area contributed by atoms with Gasteiger partial charge in [-0.05, 0) is 37.3 Å². The number of hydrogen-bond acceptors (Lipinski definition) is 5. The van der Waals surface area contributed by atoms with Crippen LogP contribution in [0.5, 0.6) is 5.75 Å². The van der Waals surface area contributed by atoms with Gasteiger partial charge in [-0.2, -0.15) is 10.4 Å². The fourth-order valence-corrected chi connectivity index (χ4v) is 3.24. The van der Waals surface area contributed by atoms with Crippen LogP contribution in [-0.2, 0) is 16.4 Å². The molecule has 0 aliphatic carbocycles. The molecule has 132 valence electrons. The predicted molar refractivity (Wildman–Crippen MR) is 96.9 cm³/mol. The van der Waals surface area contributed by atoms with Gasteiger partial charge in [0.25, 0.3) is 0 Å². The minimum atomic E-state index is -3.32. The van der Waals surface area contributed by atoms with Crippen molar-refractivity contribution in [3.8, 4) is 17.5 Å². The van der Waals surface area contributed by atoms with Crippen LogP contribution in [0.3, 0.4) is 0 Å². The summed E-state index contributed by atoms with van der Waals surface area (Å²) >= 11 is 0. The lowest BCUT2D eigenvalue weighted by atomic mass is 10.2. The lowest BCUT2D eigenvalue weighted by Crippen LogP contribution is -2.07. The molecule has 0 saturated heterocycles. The van der Waals surface area contributed by atoms with Crippen LogP contribution >= 0.6 is 0 Å². The van der Waals surface area contributed by atoms with E-state index in [1.165, 1.54) is 12.1 Å². The minimum absolute atomic E-state index is 0.0891. The lowest BCUT2D eigenvalue weighted by molar-refractivity contribution is 0.296. The third-order valence-corrected chi connectivity index (χ3v) is 4.99. The Kier molecular flexibility index (Phi) is 4.78. The Hall–Kier alpha value is -3.11. The van der Waals surface area contributed by atoms with Crippen LogP contribution < -0.4 is 4.74 Å². The molecular formula is C19H17N3O3S. The molecule has 0 unspecified atom stereocenters. The molecule has 0 fully saturated rings. The Labute approximate surface area is 152 Å². The SMILES string of the molecule is Cc1nn(-c2ccccc2)c(COc2cccc(S(C)(=O)=O)c2)c1C#N. The first kappa shape index (κ1) is 17.7. The molecule has 26 heavy (non-hydrogen) atoms. The second kappa shape index (κ2) is 7.02. The first-order valence-electron chi connectivity index (χ1n) is 7.87. The fraction of sp³-hybridized carbons (Fsp3) is 0.158. The Bertz CT molecular complexity index is 1080. The summed E-state index contributed by atoms with van der Waals surface area (Å²) in [5.41, 5.74) is 2.49. The molecule has 0 aliphatic rings. The lowest BCUT2D eigenvalue weighted by Gasteiger charge is -2.10. The van der Waals surface area contributed by atoms with Crippen molar-refractivity contribution in [3.63, 3.8) is 0 Å². The van der Waals surface area contributed by atoms with E-state index >= 15 is 0 Å². The van der Waals surface area contributed by atoms with Gasteiger partial charge in [-0.15, -0.1) is 0 Å². The number of aryl methyl sites for hydroxylation is 1. The molecule has 0 N–H and O–H groups in total. The molecule has 0 aliphatic heterocycles. The van der Waals surface area contributed by atoms with Gasteiger partial charge in [0.15, 0.2) is 9.84 Å². The maximum Gasteiger partial charge on any atom is 0.175 e. The number of para-hydroxylation sites is 1. The zero-order chi connectivity index (χ0) is 18.7. The molecule has 0 atom stereocenters. The number of benzene rings is 2. The van der Waals surface area contributed by atoms with Crippen molar-refractivity contribution >= 4 is 9.84 Å². The average molecular weight is 367 g/mol. The Morgan fingerprint density at radius 1 is 1.15 bits per heavy atom. The maximum absolute atomic E-state index is 11.7. The second-order valence-corrected chi connectivity index (χ2v) is 7.82. The fourth-order valence-electron chi connectivity index (χ4n) is 2.58. The van der Waals surface area contributed by atoms with E-state index in [9.17, 15) is 13.7 Å². The van der Waals surface area contributed by atoms with Gasteiger partial charge in [0.05, 0.1) is 22.0 Å². The van der Waals surface area contributed by atoms with E-state index < -0.39 is 9.84 Å². The van der Waals surface area contributed by atoms with Crippen molar-refractivity contribution in [2.45, 2.75) is 18.4 Å². The molecule has 0 spiro atoms. The molecule has 0 amide bonds. The maximum atomic E-state index is 11.7. The van der Waals surface area contributed by atoms with Crippen LogP contribution in [0, 0.1) is 18.3 Å². The largest absolute Gasteiger partial charge is 0.487 e. The van der Waals surface area contributed by atoms with Crippen LogP contribution in [0.15, 0.2) is 59.5 Å². The third kappa shape index (κ3) is 3.60. The number of nitrogens with zero attached hydrogens (tertiary/aromatic N) is 3. The summed E-state index contributed by atoms with van der Waals surface area (Å²) in [5.74, 6) is 0.412.